The maximum absolute atomic E-state index is 13.1. The number of hydroxylamine groups is 3. The fraction of sp³-hybridized carbons (Fsp3) is 0.235. The third-order valence-corrected chi connectivity index (χ3v) is 4.04. The van der Waals surface area contributed by atoms with E-state index in [1.165, 1.54) is 24.3 Å². The lowest BCUT2D eigenvalue weighted by Gasteiger charge is -2.25. The molecule has 4 nitrogen and oxygen atoms in total. The molecule has 2 aromatic carbocycles. The van der Waals surface area contributed by atoms with Crippen LogP contribution in [-0.2, 0) is 0 Å². The Hall–Kier alpha value is -2.24. The van der Waals surface area contributed by atoms with E-state index in [-0.39, 0.29) is 5.82 Å². The molecule has 0 saturated heterocycles. The van der Waals surface area contributed by atoms with Gasteiger partial charge in [-0.1, -0.05) is 18.2 Å². The SMILES string of the molecule is CC1(C)C(c2ccccc2)=[N+]([O-])[C@@H](c2ccc(F)cc2)N1O. The van der Waals surface area contributed by atoms with Gasteiger partial charge in [-0.3, -0.25) is 0 Å². The number of halogens is 1. The molecular formula is C17H17FN2O2. The lowest BCUT2D eigenvalue weighted by Crippen LogP contribution is -2.44. The normalized spacial score (nSPS) is 21.4. The Labute approximate surface area is 128 Å². The first kappa shape index (κ1) is 14.7. The minimum atomic E-state index is -0.897. The summed E-state index contributed by atoms with van der Waals surface area (Å²) in [5.41, 5.74) is 0.913. The van der Waals surface area contributed by atoms with E-state index in [2.05, 4.69) is 0 Å². The van der Waals surface area contributed by atoms with Crippen LogP contribution in [-0.4, -0.2) is 26.3 Å². The maximum atomic E-state index is 13.1. The molecule has 0 radical (unpaired) electrons. The first-order valence-corrected chi connectivity index (χ1v) is 7.06. The van der Waals surface area contributed by atoms with Crippen LogP contribution in [0.15, 0.2) is 54.6 Å². The fourth-order valence-electron chi connectivity index (χ4n) is 2.89. The topological polar surface area (TPSA) is 49.5 Å². The molecule has 2 aromatic rings. The Morgan fingerprint density at radius 3 is 2.27 bits per heavy atom. The molecule has 0 unspecified atom stereocenters. The van der Waals surface area contributed by atoms with E-state index < -0.39 is 11.7 Å². The lowest BCUT2D eigenvalue weighted by atomic mass is 9.93. The molecule has 0 spiro atoms. The Morgan fingerprint density at radius 1 is 1.09 bits per heavy atom. The van der Waals surface area contributed by atoms with Crippen molar-refractivity contribution < 1.29 is 14.3 Å². The Kier molecular flexibility index (Phi) is 3.47. The van der Waals surface area contributed by atoms with Crippen LogP contribution in [0.1, 0.15) is 31.1 Å². The predicted molar refractivity (Wildman–Crippen MR) is 81.0 cm³/mol. The van der Waals surface area contributed by atoms with Gasteiger partial charge in [0, 0.05) is 11.1 Å². The number of rotatable bonds is 2. The summed E-state index contributed by atoms with van der Waals surface area (Å²) in [4.78, 5) is 0. The van der Waals surface area contributed by atoms with Gasteiger partial charge in [0.1, 0.15) is 11.4 Å². The van der Waals surface area contributed by atoms with Crippen LogP contribution in [0.2, 0.25) is 0 Å². The standard InChI is InChI=1S/C17H17FN2O2/c1-17(2)15(12-6-4-3-5-7-12)19(21)16(20(17)22)13-8-10-14(18)11-9-13/h3-11,16,22H,1-2H3/t16-/m1/s1. The summed E-state index contributed by atoms with van der Waals surface area (Å²) in [5, 5.41) is 24.3. The van der Waals surface area contributed by atoms with Gasteiger partial charge >= 0.3 is 0 Å². The number of benzene rings is 2. The minimum absolute atomic E-state index is 0.379. The zero-order valence-corrected chi connectivity index (χ0v) is 12.4. The first-order valence-electron chi connectivity index (χ1n) is 7.06. The highest BCUT2D eigenvalue weighted by Crippen LogP contribution is 2.36. The quantitative estimate of drug-likeness (QED) is 0.684. The van der Waals surface area contributed by atoms with Crippen LogP contribution in [0.5, 0.6) is 0 Å². The summed E-state index contributed by atoms with van der Waals surface area (Å²) in [6.45, 7) is 3.56. The van der Waals surface area contributed by atoms with Crippen molar-refractivity contribution in [2.75, 3.05) is 0 Å². The van der Waals surface area contributed by atoms with Gasteiger partial charge in [-0.2, -0.15) is 4.74 Å². The highest BCUT2D eigenvalue weighted by Gasteiger charge is 2.52. The molecular weight excluding hydrogens is 283 g/mol. The summed E-state index contributed by atoms with van der Waals surface area (Å²) in [5.74, 6) is -0.379. The van der Waals surface area contributed by atoms with Gasteiger partial charge in [0.25, 0.3) is 6.17 Å². The van der Waals surface area contributed by atoms with E-state index in [1.807, 2.05) is 30.3 Å². The van der Waals surface area contributed by atoms with Crippen molar-refractivity contribution >= 4 is 5.71 Å². The summed E-state index contributed by atoms with van der Waals surface area (Å²) in [6.07, 6.45) is -0.897. The van der Waals surface area contributed by atoms with Crippen LogP contribution in [0.4, 0.5) is 4.39 Å². The van der Waals surface area contributed by atoms with Crippen LogP contribution < -0.4 is 0 Å². The van der Waals surface area contributed by atoms with E-state index >= 15 is 0 Å². The number of hydrogen-bond donors (Lipinski definition) is 1. The van der Waals surface area contributed by atoms with Gasteiger partial charge in [-0.05, 0) is 50.2 Å². The second-order valence-electron chi connectivity index (χ2n) is 5.87. The summed E-state index contributed by atoms with van der Waals surface area (Å²) in [6, 6.07) is 14.8. The molecule has 1 aliphatic heterocycles. The number of nitrogens with zero attached hydrogens (tertiary/aromatic N) is 2. The van der Waals surface area contributed by atoms with E-state index in [0.29, 0.717) is 11.3 Å². The van der Waals surface area contributed by atoms with E-state index in [9.17, 15) is 14.8 Å². The van der Waals surface area contributed by atoms with Crippen LogP contribution in [0.3, 0.4) is 0 Å². The molecule has 1 aliphatic rings. The number of hydrogen-bond acceptors (Lipinski definition) is 3. The first-order chi connectivity index (χ1) is 10.4. The molecule has 1 heterocycles. The molecule has 114 valence electrons. The van der Waals surface area contributed by atoms with Gasteiger partial charge in [-0.25, -0.2) is 4.39 Å². The molecule has 0 saturated carbocycles. The monoisotopic (exact) mass is 300 g/mol. The zero-order chi connectivity index (χ0) is 15.9. The lowest BCUT2D eigenvalue weighted by molar-refractivity contribution is -0.544. The predicted octanol–water partition coefficient (Wildman–Crippen LogP) is 3.31. The van der Waals surface area contributed by atoms with E-state index in [1.54, 1.807) is 13.8 Å². The molecule has 0 aliphatic carbocycles. The summed E-state index contributed by atoms with van der Waals surface area (Å²) in [7, 11) is 0. The third kappa shape index (κ3) is 2.19. The second-order valence-corrected chi connectivity index (χ2v) is 5.87. The van der Waals surface area contributed by atoms with Crippen molar-refractivity contribution in [3.05, 3.63) is 76.7 Å². The van der Waals surface area contributed by atoms with Crippen molar-refractivity contribution in [3.8, 4) is 0 Å². The van der Waals surface area contributed by atoms with Crippen molar-refractivity contribution in [2.45, 2.75) is 25.6 Å². The van der Waals surface area contributed by atoms with Gasteiger partial charge in [0.15, 0.2) is 0 Å². The molecule has 5 heteroatoms. The van der Waals surface area contributed by atoms with Gasteiger partial charge < -0.3 is 10.4 Å². The van der Waals surface area contributed by atoms with E-state index in [0.717, 1.165) is 15.4 Å². The third-order valence-electron chi connectivity index (χ3n) is 4.04. The van der Waals surface area contributed by atoms with Crippen LogP contribution >= 0.6 is 0 Å². The van der Waals surface area contributed by atoms with Crippen molar-refractivity contribution in [3.63, 3.8) is 0 Å². The molecule has 0 bridgehead atoms. The smallest absolute Gasteiger partial charge is 0.268 e. The molecule has 1 N–H and O–H groups in total. The zero-order valence-electron chi connectivity index (χ0n) is 12.4. The van der Waals surface area contributed by atoms with Crippen molar-refractivity contribution in [1.29, 1.82) is 0 Å². The van der Waals surface area contributed by atoms with Crippen molar-refractivity contribution in [1.82, 2.24) is 5.06 Å². The van der Waals surface area contributed by atoms with E-state index in [4.69, 9.17) is 0 Å². The Morgan fingerprint density at radius 2 is 1.68 bits per heavy atom. The van der Waals surface area contributed by atoms with Crippen LogP contribution in [0, 0.1) is 11.0 Å². The highest BCUT2D eigenvalue weighted by molar-refractivity contribution is 6.04. The van der Waals surface area contributed by atoms with Gasteiger partial charge in [-0.15, -0.1) is 5.06 Å². The molecule has 0 fully saturated rings. The van der Waals surface area contributed by atoms with Gasteiger partial charge in [0.05, 0.1) is 0 Å². The Bertz CT molecular complexity index is 711. The van der Waals surface area contributed by atoms with Gasteiger partial charge in [0.2, 0.25) is 5.71 Å². The molecule has 1 atom stereocenters. The fourth-order valence-corrected chi connectivity index (χ4v) is 2.89. The average Bonchev–Trinajstić information content (AvgIpc) is 2.67. The Balaban J connectivity index is 2.13. The maximum Gasteiger partial charge on any atom is 0.268 e. The molecule has 0 amide bonds. The molecule has 3 rings (SSSR count). The largest absolute Gasteiger partial charge is 0.622 e. The van der Waals surface area contributed by atoms with Crippen molar-refractivity contribution in [2.24, 2.45) is 0 Å². The summed E-state index contributed by atoms with van der Waals surface area (Å²) >= 11 is 0. The second kappa shape index (κ2) is 5.19. The average molecular weight is 300 g/mol. The van der Waals surface area contributed by atoms with Crippen LogP contribution in [0.25, 0.3) is 0 Å². The highest BCUT2D eigenvalue weighted by atomic mass is 19.1. The minimum Gasteiger partial charge on any atom is -0.622 e. The molecule has 0 aromatic heterocycles. The summed E-state index contributed by atoms with van der Waals surface area (Å²) < 4.78 is 13.9. The molecule has 22 heavy (non-hydrogen) atoms.